The topological polar surface area (TPSA) is 114 Å². The van der Waals surface area contributed by atoms with Gasteiger partial charge in [0.1, 0.15) is 22.4 Å². The second-order valence-electron chi connectivity index (χ2n) is 7.89. The van der Waals surface area contributed by atoms with E-state index in [1.807, 2.05) is 0 Å². The molecule has 0 saturated heterocycles. The highest BCUT2D eigenvalue weighted by atomic mass is 32.2. The van der Waals surface area contributed by atoms with Crippen molar-refractivity contribution in [3.63, 3.8) is 0 Å². The number of aliphatic hydroxyl groups is 1. The molecule has 0 aromatic heterocycles. The number of hydrogen-bond donors (Lipinski definition) is 2. The first-order valence-electron chi connectivity index (χ1n) is 9.96. The predicted octanol–water partition coefficient (Wildman–Crippen LogP) is 3.00. The lowest BCUT2D eigenvalue weighted by Gasteiger charge is -2.38. The van der Waals surface area contributed by atoms with Gasteiger partial charge in [0.2, 0.25) is 0 Å². The summed E-state index contributed by atoms with van der Waals surface area (Å²) in [6.07, 6.45) is 0.116. The molecule has 0 aliphatic carbocycles. The average Bonchev–Trinajstić information content (AvgIpc) is 2.67. The number of carbonyl (C=O) groups excluding carboxylic acids is 1. The van der Waals surface area contributed by atoms with Gasteiger partial charge >= 0.3 is 12.0 Å². The van der Waals surface area contributed by atoms with Crippen molar-refractivity contribution in [2.24, 2.45) is 4.40 Å². The molecular formula is C22H25FN2O6S. The molecule has 10 heteroatoms. The van der Waals surface area contributed by atoms with Crippen LogP contribution in [0, 0.1) is 5.82 Å². The van der Waals surface area contributed by atoms with Crippen molar-refractivity contribution in [1.29, 1.82) is 0 Å². The van der Waals surface area contributed by atoms with Crippen molar-refractivity contribution >= 4 is 22.0 Å². The van der Waals surface area contributed by atoms with E-state index in [9.17, 15) is 22.7 Å². The zero-order valence-corrected chi connectivity index (χ0v) is 18.7. The summed E-state index contributed by atoms with van der Waals surface area (Å²) in [5.74, 6) is -0.696. The second kappa shape index (κ2) is 9.25. The highest BCUT2D eigenvalue weighted by Gasteiger charge is 2.47. The van der Waals surface area contributed by atoms with Gasteiger partial charge in [-0.3, -0.25) is 4.79 Å². The van der Waals surface area contributed by atoms with Gasteiger partial charge in [0.05, 0.1) is 6.04 Å². The molecule has 1 aliphatic rings. The Morgan fingerprint density at radius 1 is 1.25 bits per heavy atom. The Morgan fingerprint density at radius 2 is 1.91 bits per heavy atom. The molecule has 8 nitrogen and oxygen atoms in total. The Balaban J connectivity index is 1.91. The first-order chi connectivity index (χ1) is 15.0. The van der Waals surface area contributed by atoms with Gasteiger partial charge in [-0.15, -0.1) is 4.40 Å². The lowest BCUT2D eigenvalue weighted by molar-refractivity contribution is -0.131. The molecule has 0 radical (unpaired) electrons. The lowest BCUT2D eigenvalue weighted by Crippen LogP contribution is -2.47. The molecule has 172 valence electrons. The van der Waals surface area contributed by atoms with Crippen LogP contribution in [0.25, 0.3) is 0 Å². The van der Waals surface area contributed by atoms with Gasteiger partial charge in [-0.1, -0.05) is 30.3 Å². The molecule has 1 heterocycles. The summed E-state index contributed by atoms with van der Waals surface area (Å²) in [5.41, 5.74) is -0.564. The van der Waals surface area contributed by atoms with E-state index < -0.39 is 38.7 Å². The number of aliphatic hydroxyl groups excluding tert-OH is 1. The summed E-state index contributed by atoms with van der Waals surface area (Å²) in [6, 6.07) is 11.0. The van der Waals surface area contributed by atoms with Crippen LogP contribution in [-0.2, 0) is 19.6 Å². The molecule has 0 fully saturated rings. The number of hydrogen-bond acceptors (Lipinski definition) is 7. The predicted molar refractivity (Wildman–Crippen MR) is 116 cm³/mol. The van der Waals surface area contributed by atoms with Gasteiger partial charge in [0.15, 0.2) is 0 Å². The smallest absolute Gasteiger partial charge is 0.308 e. The van der Waals surface area contributed by atoms with Gasteiger partial charge in [0.25, 0.3) is 10.0 Å². The van der Waals surface area contributed by atoms with Gasteiger partial charge in [-0.2, -0.15) is 0 Å². The van der Waals surface area contributed by atoms with Crippen LogP contribution in [0.5, 0.6) is 5.75 Å². The second-order valence-corrected chi connectivity index (χ2v) is 9.57. The number of sulfonamides is 1. The van der Waals surface area contributed by atoms with Gasteiger partial charge in [-0.05, 0) is 44.0 Å². The number of nitrogens with one attached hydrogen (secondary N) is 1. The van der Waals surface area contributed by atoms with E-state index >= 15 is 0 Å². The minimum absolute atomic E-state index is 0.116. The van der Waals surface area contributed by atoms with Crippen LogP contribution in [0.2, 0.25) is 0 Å². The fourth-order valence-electron chi connectivity index (χ4n) is 3.70. The van der Waals surface area contributed by atoms with E-state index in [1.165, 1.54) is 43.3 Å². The van der Waals surface area contributed by atoms with Crippen LogP contribution in [0.15, 0.2) is 52.9 Å². The average molecular weight is 465 g/mol. The Hall–Kier alpha value is -2.98. The minimum atomic E-state index is -4.09. The van der Waals surface area contributed by atoms with E-state index in [1.54, 1.807) is 26.0 Å². The van der Waals surface area contributed by atoms with Crippen molar-refractivity contribution < 1.29 is 32.2 Å². The number of amidine groups is 1. The highest BCUT2D eigenvalue weighted by molar-refractivity contribution is 7.90. The molecule has 0 spiro atoms. The number of benzene rings is 2. The maximum atomic E-state index is 14.3. The first kappa shape index (κ1) is 23.7. The maximum Gasteiger partial charge on any atom is 0.308 e. The highest BCUT2D eigenvalue weighted by Crippen LogP contribution is 2.40. The minimum Gasteiger partial charge on any atom is -0.457 e. The summed E-state index contributed by atoms with van der Waals surface area (Å²) in [4.78, 5) is 11.1. The third-order valence-corrected chi connectivity index (χ3v) is 6.80. The van der Waals surface area contributed by atoms with E-state index in [0.29, 0.717) is 5.56 Å². The van der Waals surface area contributed by atoms with Gasteiger partial charge in [-0.25, -0.2) is 12.8 Å². The number of halogens is 1. The molecule has 1 aliphatic heterocycles. The Morgan fingerprint density at radius 3 is 2.47 bits per heavy atom. The van der Waals surface area contributed by atoms with Crippen LogP contribution >= 0.6 is 0 Å². The van der Waals surface area contributed by atoms with Gasteiger partial charge in [0, 0.05) is 19.1 Å². The molecular weight excluding hydrogens is 439 g/mol. The Bertz CT molecular complexity index is 1120. The Kier molecular flexibility index (Phi) is 6.85. The van der Waals surface area contributed by atoms with E-state index in [-0.39, 0.29) is 30.4 Å². The molecule has 1 unspecified atom stereocenters. The van der Waals surface area contributed by atoms with E-state index in [0.717, 1.165) is 0 Å². The summed E-state index contributed by atoms with van der Waals surface area (Å²) in [7, 11) is -4.09. The molecule has 2 N–H and O–H groups in total. The largest absolute Gasteiger partial charge is 0.457 e. The van der Waals surface area contributed by atoms with Crippen molar-refractivity contribution in [3.8, 4) is 5.75 Å². The maximum absolute atomic E-state index is 14.3. The normalized spacial score (nSPS) is 19.9. The standard InChI is InChI=1S/C22H25FN2O6S/c1-14(27)30-16-10-8-15(9-11-16)20-22(2,3)31-21(25-32(20,28)29)24-19(12-13-26)17-6-4-5-7-18(17)23/h4-11,19-20,26H,12-13H2,1-3H3,(H,24,25)/t19-,20?/m0/s1. The van der Waals surface area contributed by atoms with Crippen molar-refractivity contribution in [2.45, 2.75) is 44.1 Å². The van der Waals surface area contributed by atoms with Crippen LogP contribution in [0.1, 0.15) is 49.6 Å². The number of nitrogens with zero attached hydrogens (tertiary/aromatic N) is 1. The van der Waals surface area contributed by atoms with Crippen LogP contribution in [-0.4, -0.2) is 37.7 Å². The SMILES string of the molecule is CC(=O)Oc1ccc(C2C(C)(C)OC(N[C@@H](CCO)c3ccccc3F)=NS2(=O)=O)cc1. The number of rotatable bonds is 6. The molecule has 3 rings (SSSR count). The number of ether oxygens (including phenoxy) is 2. The van der Waals surface area contributed by atoms with E-state index in [2.05, 4.69) is 9.71 Å². The monoisotopic (exact) mass is 464 g/mol. The molecule has 0 saturated carbocycles. The fourth-order valence-corrected chi connectivity index (χ4v) is 5.39. The van der Waals surface area contributed by atoms with Crippen LogP contribution in [0.4, 0.5) is 4.39 Å². The van der Waals surface area contributed by atoms with E-state index in [4.69, 9.17) is 9.47 Å². The lowest BCUT2D eigenvalue weighted by atomic mass is 9.97. The molecule has 2 atom stereocenters. The van der Waals surface area contributed by atoms with Crippen molar-refractivity contribution in [1.82, 2.24) is 5.32 Å². The summed E-state index contributed by atoms with van der Waals surface area (Å²) in [6.45, 7) is 4.23. The third-order valence-electron chi connectivity index (χ3n) is 4.94. The summed E-state index contributed by atoms with van der Waals surface area (Å²) < 4.78 is 55.1. The van der Waals surface area contributed by atoms with Crippen LogP contribution < -0.4 is 10.1 Å². The van der Waals surface area contributed by atoms with Crippen molar-refractivity contribution in [3.05, 3.63) is 65.5 Å². The Labute approximate surface area is 186 Å². The zero-order valence-electron chi connectivity index (χ0n) is 17.9. The summed E-state index contributed by atoms with van der Waals surface area (Å²) >= 11 is 0. The number of carbonyl (C=O) groups is 1. The van der Waals surface area contributed by atoms with Crippen molar-refractivity contribution in [2.75, 3.05) is 6.61 Å². The number of esters is 1. The van der Waals surface area contributed by atoms with Crippen LogP contribution in [0.3, 0.4) is 0 Å². The fraction of sp³-hybridized carbons (Fsp3) is 0.364. The zero-order chi connectivity index (χ0) is 23.5. The first-order valence-corrected chi connectivity index (χ1v) is 11.5. The van der Waals surface area contributed by atoms with Gasteiger partial charge < -0.3 is 19.9 Å². The molecule has 0 bridgehead atoms. The molecule has 2 aromatic rings. The molecule has 32 heavy (non-hydrogen) atoms. The quantitative estimate of drug-likeness (QED) is 0.499. The molecule has 2 aromatic carbocycles. The molecule has 0 amide bonds. The third kappa shape index (κ3) is 5.25. The summed E-state index contributed by atoms with van der Waals surface area (Å²) in [5, 5.41) is 11.1.